The molecule has 3 aromatic rings. The van der Waals surface area contributed by atoms with Crippen molar-refractivity contribution in [2.45, 2.75) is 26.8 Å². The number of aryl methyl sites for hydroxylation is 2. The van der Waals surface area contributed by atoms with Crippen molar-refractivity contribution < 1.29 is 9.59 Å². The number of hydrogen-bond donors (Lipinski definition) is 3. The molecule has 0 aliphatic carbocycles. The van der Waals surface area contributed by atoms with Crippen LogP contribution < -0.4 is 16.0 Å². The summed E-state index contributed by atoms with van der Waals surface area (Å²) in [4.78, 5) is 24.9. The van der Waals surface area contributed by atoms with Crippen molar-refractivity contribution in [1.82, 2.24) is 5.32 Å². The summed E-state index contributed by atoms with van der Waals surface area (Å²) in [5, 5.41) is 8.98. The zero-order chi connectivity index (χ0) is 21.5. The van der Waals surface area contributed by atoms with Crippen molar-refractivity contribution in [1.29, 1.82) is 0 Å². The predicted molar refractivity (Wildman–Crippen MR) is 122 cm³/mol. The van der Waals surface area contributed by atoms with Crippen LogP contribution in [0.1, 0.15) is 40.0 Å². The monoisotopic (exact) mass is 401 g/mol. The molecule has 154 valence electrons. The lowest BCUT2D eigenvalue weighted by Crippen LogP contribution is -2.27. The van der Waals surface area contributed by atoms with E-state index in [-0.39, 0.29) is 24.4 Å². The minimum absolute atomic E-state index is 0.112. The van der Waals surface area contributed by atoms with Crippen molar-refractivity contribution in [3.8, 4) is 0 Å². The number of nitrogens with one attached hydrogen (secondary N) is 3. The van der Waals surface area contributed by atoms with Crippen LogP contribution in [-0.2, 0) is 4.79 Å². The first-order chi connectivity index (χ1) is 14.4. The van der Waals surface area contributed by atoms with Gasteiger partial charge in [0.2, 0.25) is 5.91 Å². The second-order valence-corrected chi connectivity index (χ2v) is 7.41. The molecule has 1 atom stereocenters. The first-order valence-corrected chi connectivity index (χ1v) is 9.99. The fourth-order valence-electron chi connectivity index (χ4n) is 3.24. The van der Waals surface area contributed by atoms with E-state index in [2.05, 4.69) is 22.0 Å². The topological polar surface area (TPSA) is 70.2 Å². The highest BCUT2D eigenvalue weighted by Gasteiger charge is 2.12. The van der Waals surface area contributed by atoms with Gasteiger partial charge in [0.05, 0.1) is 12.6 Å². The van der Waals surface area contributed by atoms with Crippen molar-refractivity contribution in [3.63, 3.8) is 0 Å². The van der Waals surface area contributed by atoms with Crippen LogP contribution in [0.4, 0.5) is 11.4 Å². The molecule has 0 radical (unpaired) electrons. The van der Waals surface area contributed by atoms with E-state index in [1.807, 2.05) is 63.2 Å². The first-order valence-electron chi connectivity index (χ1n) is 9.99. The second-order valence-electron chi connectivity index (χ2n) is 7.41. The van der Waals surface area contributed by atoms with Gasteiger partial charge in [0.1, 0.15) is 0 Å². The van der Waals surface area contributed by atoms with E-state index in [0.29, 0.717) is 11.3 Å². The van der Waals surface area contributed by atoms with Crippen molar-refractivity contribution >= 4 is 23.2 Å². The van der Waals surface area contributed by atoms with E-state index in [9.17, 15) is 9.59 Å². The summed E-state index contributed by atoms with van der Waals surface area (Å²) in [6, 6.07) is 22.7. The van der Waals surface area contributed by atoms with Crippen LogP contribution >= 0.6 is 0 Å². The lowest BCUT2D eigenvalue weighted by molar-refractivity contribution is -0.114. The van der Waals surface area contributed by atoms with Gasteiger partial charge in [-0.25, -0.2) is 0 Å². The molecule has 5 nitrogen and oxygen atoms in total. The molecule has 3 rings (SSSR count). The van der Waals surface area contributed by atoms with Gasteiger partial charge in [0, 0.05) is 16.9 Å². The van der Waals surface area contributed by atoms with Gasteiger partial charge >= 0.3 is 0 Å². The molecule has 2 amide bonds. The summed E-state index contributed by atoms with van der Waals surface area (Å²) >= 11 is 0. The van der Waals surface area contributed by atoms with Crippen LogP contribution in [0, 0.1) is 13.8 Å². The fraction of sp³-hybridized carbons (Fsp3) is 0.200. The number of carbonyl (C=O) groups excluding carboxylic acids is 2. The molecule has 0 spiro atoms. The van der Waals surface area contributed by atoms with E-state index in [1.54, 1.807) is 24.3 Å². The van der Waals surface area contributed by atoms with Gasteiger partial charge in [0.15, 0.2) is 0 Å². The summed E-state index contributed by atoms with van der Waals surface area (Å²) in [6.45, 7) is 6.13. The predicted octanol–water partition coefficient (Wildman–Crippen LogP) is 4.85. The maximum atomic E-state index is 12.6. The molecule has 0 heterocycles. The Bertz CT molecular complexity index is 1030. The molecule has 0 aromatic heterocycles. The van der Waals surface area contributed by atoms with Crippen LogP contribution in [0.2, 0.25) is 0 Å². The van der Waals surface area contributed by atoms with Crippen LogP contribution in [-0.4, -0.2) is 18.4 Å². The van der Waals surface area contributed by atoms with E-state index in [4.69, 9.17) is 0 Å². The molecule has 0 aliphatic rings. The molecule has 0 saturated heterocycles. The normalized spacial score (nSPS) is 11.4. The van der Waals surface area contributed by atoms with Crippen molar-refractivity contribution in [3.05, 3.63) is 95.1 Å². The Balaban J connectivity index is 1.58. The van der Waals surface area contributed by atoms with E-state index in [0.717, 1.165) is 16.8 Å². The summed E-state index contributed by atoms with van der Waals surface area (Å²) in [5.41, 5.74) is 5.32. The molecule has 5 heteroatoms. The number of hydrogen-bond acceptors (Lipinski definition) is 3. The van der Waals surface area contributed by atoms with Gasteiger partial charge in [-0.05, 0) is 56.2 Å². The van der Waals surface area contributed by atoms with E-state index < -0.39 is 0 Å². The smallest absolute Gasteiger partial charge is 0.251 e. The Labute approximate surface area is 177 Å². The second kappa shape index (κ2) is 9.74. The summed E-state index contributed by atoms with van der Waals surface area (Å²) in [5.74, 6) is -0.360. The van der Waals surface area contributed by atoms with E-state index in [1.165, 1.54) is 5.56 Å². The zero-order valence-electron chi connectivity index (χ0n) is 17.5. The zero-order valence-corrected chi connectivity index (χ0v) is 17.5. The van der Waals surface area contributed by atoms with Crippen LogP contribution in [0.5, 0.6) is 0 Å². The Morgan fingerprint density at radius 1 is 0.900 bits per heavy atom. The SMILES string of the molecule is Cc1ccc(NCC(=O)Nc2cccc(C(=O)NC(C)c3ccccc3)c2)c(C)c1. The average Bonchev–Trinajstić information content (AvgIpc) is 2.74. The van der Waals surface area contributed by atoms with Gasteiger partial charge in [-0.1, -0.05) is 54.1 Å². The van der Waals surface area contributed by atoms with E-state index >= 15 is 0 Å². The molecule has 3 N–H and O–H groups in total. The largest absolute Gasteiger partial charge is 0.376 e. The Morgan fingerprint density at radius 2 is 1.67 bits per heavy atom. The molecule has 0 aliphatic heterocycles. The van der Waals surface area contributed by atoms with Crippen molar-refractivity contribution in [2.24, 2.45) is 0 Å². The van der Waals surface area contributed by atoms with Gasteiger partial charge < -0.3 is 16.0 Å². The van der Waals surface area contributed by atoms with Crippen LogP contribution in [0.25, 0.3) is 0 Å². The number of rotatable bonds is 7. The summed E-state index contributed by atoms with van der Waals surface area (Å²) in [6.07, 6.45) is 0. The molecule has 3 aromatic carbocycles. The minimum atomic E-state index is -0.184. The van der Waals surface area contributed by atoms with Crippen LogP contribution in [0.3, 0.4) is 0 Å². The fourth-order valence-corrected chi connectivity index (χ4v) is 3.24. The summed E-state index contributed by atoms with van der Waals surface area (Å²) < 4.78 is 0. The maximum absolute atomic E-state index is 12.6. The highest BCUT2D eigenvalue weighted by molar-refractivity contribution is 5.98. The Morgan fingerprint density at radius 3 is 2.40 bits per heavy atom. The molecule has 30 heavy (non-hydrogen) atoms. The summed E-state index contributed by atoms with van der Waals surface area (Å²) in [7, 11) is 0. The Hall–Kier alpha value is -3.60. The minimum Gasteiger partial charge on any atom is -0.376 e. The number of benzene rings is 3. The Kier molecular flexibility index (Phi) is 6.86. The standard InChI is InChI=1S/C25H27N3O2/c1-17-12-13-23(18(2)14-17)26-16-24(29)28-22-11-7-10-21(15-22)25(30)27-19(3)20-8-5-4-6-9-20/h4-15,19,26H,16H2,1-3H3,(H,27,30)(H,28,29). The highest BCUT2D eigenvalue weighted by atomic mass is 16.2. The highest BCUT2D eigenvalue weighted by Crippen LogP contribution is 2.17. The third kappa shape index (κ3) is 5.70. The lowest BCUT2D eigenvalue weighted by atomic mass is 10.1. The number of carbonyl (C=O) groups is 2. The molecular formula is C25H27N3O2. The first kappa shape index (κ1) is 21.1. The van der Waals surface area contributed by atoms with Gasteiger partial charge in [0.25, 0.3) is 5.91 Å². The quantitative estimate of drug-likeness (QED) is 0.530. The molecular weight excluding hydrogens is 374 g/mol. The maximum Gasteiger partial charge on any atom is 0.251 e. The molecule has 0 bridgehead atoms. The number of anilines is 2. The van der Waals surface area contributed by atoms with Gasteiger partial charge in [-0.3, -0.25) is 9.59 Å². The lowest BCUT2D eigenvalue weighted by Gasteiger charge is -2.15. The number of amides is 2. The molecule has 1 unspecified atom stereocenters. The average molecular weight is 402 g/mol. The molecule has 0 fully saturated rings. The van der Waals surface area contributed by atoms with Crippen LogP contribution in [0.15, 0.2) is 72.8 Å². The third-order valence-electron chi connectivity index (χ3n) is 4.88. The van der Waals surface area contributed by atoms with Gasteiger partial charge in [-0.2, -0.15) is 0 Å². The third-order valence-corrected chi connectivity index (χ3v) is 4.88. The van der Waals surface area contributed by atoms with Crippen molar-refractivity contribution in [2.75, 3.05) is 17.2 Å². The molecule has 0 saturated carbocycles. The van der Waals surface area contributed by atoms with Gasteiger partial charge in [-0.15, -0.1) is 0 Å².